The van der Waals surface area contributed by atoms with Crippen molar-refractivity contribution in [1.29, 1.82) is 0 Å². The smallest absolute Gasteiger partial charge is 0.395 e. The third-order valence-electron chi connectivity index (χ3n) is 5.59. The van der Waals surface area contributed by atoms with Gasteiger partial charge in [-0.25, -0.2) is 8.42 Å². The predicted octanol–water partition coefficient (Wildman–Crippen LogP) is 3.59. The Kier molecular flexibility index (Phi) is 8.93. The number of benzene rings is 1. The van der Waals surface area contributed by atoms with E-state index in [4.69, 9.17) is 5.11 Å². The molecule has 0 saturated carbocycles. The summed E-state index contributed by atoms with van der Waals surface area (Å²) in [5.74, 6) is 0.474. The molecule has 1 aliphatic heterocycles. The average Bonchev–Trinajstić information content (AvgIpc) is 2.70. The quantitative estimate of drug-likeness (QED) is 0.570. The van der Waals surface area contributed by atoms with Crippen LogP contribution in [0.1, 0.15) is 44.6 Å². The number of halogens is 3. The second kappa shape index (κ2) is 10.7. The van der Waals surface area contributed by atoms with E-state index in [9.17, 15) is 21.6 Å². The van der Waals surface area contributed by atoms with Crippen molar-refractivity contribution < 1.29 is 26.7 Å². The van der Waals surface area contributed by atoms with Crippen LogP contribution in [0.2, 0.25) is 0 Å². The van der Waals surface area contributed by atoms with E-state index in [1.165, 1.54) is 4.31 Å². The molecule has 1 heterocycles. The summed E-state index contributed by atoms with van der Waals surface area (Å²) in [4.78, 5) is 2.12. The summed E-state index contributed by atoms with van der Waals surface area (Å²) in [5, 5.41) is 9.00. The summed E-state index contributed by atoms with van der Waals surface area (Å²) in [5.41, 5.74) is -0.851. The van der Waals surface area contributed by atoms with Crippen molar-refractivity contribution in [3.63, 3.8) is 0 Å². The second-order valence-corrected chi connectivity index (χ2v) is 9.46. The van der Waals surface area contributed by atoms with Crippen molar-refractivity contribution in [2.45, 2.75) is 50.1 Å². The normalized spacial score (nSPS) is 17.2. The molecule has 0 atom stereocenters. The fourth-order valence-electron chi connectivity index (χ4n) is 3.74. The first-order valence-corrected chi connectivity index (χ1v) is 11.6. The maximum atomic E-state index is 12.7. The van der Waals surface area contributed by atoms with Crippen molar-refractivity contribution in [2.75, 3.05) is 39.3 Å². The van der Waals surface area contributed by atoms with Crippen molar-refractivity contribution in [1.82, 2.24) is 9.21 Å². The molecular weight excluding hydrogens is 405 g/mol. The maximum Gasteiger partial charge on any atom is 0.416 e. The summed E-state index contributed by atoms with van der Waals surface area (Å²) < 4.78 is 64.8. The first-order chi connectivity index (χ1) is 13.7. The standard InChI is InChI=1S/C20H31F3N2O3S/c1-2-24(15-16-26)12-4-3-5-17-10-13-25(14-11-17)29(27,28)19-8-6-18(7-9-19)20(21,22)23/h6-9,17,26H,2-5,10-16H2,1H3. The third-order valence-corrected chi connectivity index (χ3v) is 7.51. The molecule has 0 bridgehead atoms. The molecule has 29 heavy (non-hydrogen) atoms. The minimum Gasteiger partial charge on any atom is -0.395 e. The molecular formula is C20H31F3N2O3S. The first-order valence-electron chi connectivity index (χ1n) is 10.2. The van der Waals surface area contributed by atoms with E-state index in [-0.39, 0.29) is 11.5 Å². The number of alkyl halides is 3. The Morgan fingerprint density at radius 1 is 1.10 bits per heavy atom. The van der Waals surface area contributed by atoms with Gasteiger partial charge in [-0.3, -0.25) is 0 Å². The lowest BCUT2D eigenvalue weighted by Gasteiger charge is -2.31. The van der Waals surface area contributed by atoms with Crippen LogP contribution >= 0.6 is 0 Å². The minimum atomic E-state index is -4.48. The predicted molar refractivity (Wildman–Crippen MR) is 106 cm³/mol. The Labute approximate surface area is 171 Å². The van der Waals surface area contributed by atoms with Crippen LogP contribution in [0.4, 0.5) is 13.2 Å². The fourth-order valence-corrected chi connectivity index (χ4v) is 5.21. The van der Waals surface area contributed by atoms with E-state index in [0.717, 1.165) is 69.5 Å². The van der Waals surface area contributed by atoms with Gasteiger partial charge in [-0.2, -0.15) is 17.5 Å². The van der Waals surface area contributed by atoms with E-state index >= 15 is 0 Å². The molecule has 1 fully saturated rings. The molecule has 1 aromatic carbocycles. The highest BCUT2D eigenvalue weighted by molar-refractivity contribution is 7.89. The van der Waals surface area contributed by atoms with E-state index in [0.29, 0.717) is 25.6 Å². The van der Waals surface area contributed by atoms with Crippen molar-refractivity contribution in [3.05, 3.63) is 29.8 Å². The molecule has 5 nitrogen and oxygen atoms in total. The molecule has 1 N–H and O–H groups in total. The summed E-state index contributed by atoms with van der Waals surface area (Å²) in [6, 6.07) is 3.71. The zero-order valence-corrected chi connectivity index (χ0v) is 17.7. The largest absolute Gasteiger partial charge is 0.416 e. The highest BCUT2D eigenvalue weighted by Gasteiger charge is 2.32. The van der Waals surface area contributed by atoms with Crippen LogP contribution < -0.4 is 0 Å². The fraction of sp³-hybridized carbons (Fsp3) is 0.700. The monoisotopic (exact) mass is 436 g/mol. The van der Waals surface area contributed by atoms with Crippen LogP contribution in [-0.4, -0.2) is 62.1 Å². The Morgan fingerprint density at radius 3 is 2.24 bits per heavy atom. The maximum absolute atomic E-state index is 12.7. The minimum absolute atomic E-state index is 0.0903. The Hall–Kier alpha value is -1.16. The van der Waals surface area contributed by atoms with Gasteiger partial charge in [0.1, 0.15) is 0 Å². The van der Waals surface area contributed by atoms with E-state index in [2.05, 4.69) is 11.8 Å². The zero-order chi connectivity index (χ0) is 21.5. The van der Waals surface area contributed by atoms with Crippen molar-refractivity contribution in [3.8, 4) is 0 Å². The molecule has 0 aromatic heterocycles. The lowest BCUT2D eigenvalue weighted by atomic mass is 9.92. The van der Waals surface area contributed by atoms with Gasteiger partial charge >= 0.3 is 6.18 Å². The van der Waals surface area contributed by atoms with Crippen molar-refractivity contribution >= 4 is 10.0 Å². The van der Waals surface area contributed by atoms with Crippen LogP contribution in [0, 0.1) is 5.92 Å². The van der Waals surface area contributed by atoms with E-state index < -0.39 is 21.8 Å². The summed E-state index contributed by atoms with van der Waals surface area (Å²) in [6.07, 6.45) is 0.232. The molecule has 0 aliphatic carbocycles. The van der Waals surface area contributed by atoms with Gasteiger partial charge in [0.05, 0.1) is 17.1 Å². The number of aliphatic hydroxyl groups excluding tert-OH is 1. The zero-order valence-electron chi connectivity index (χ0n) is 16.9. The Bertz CT molecular complexity index is 715. The number of unbranched alkanes of at least 4 members (excludes halogenated alkanes) is 1. The first kappa shape index (κ1) is 24.1. The molecule has 9 heteroatoms. The molecule has 0 spiro atoms. The van der Waals surface area contributed by atoms with Crippen molar-refractivity contribution in [2.24, 2.45) is 5.92 Å². The van der Waals surface area contributed by atoms with Gasteiger partial charge in [-0.1, -0.05) is 19.8 Å². The SMILES string of the molecule is CCN(CCO)CCCCC1CCN(S(=O)(=O)c2ccc(C(F)(F)F)cc2)CC1. The molecule has 1 aliphatic rings. The van der Waals surface area contributed by atoms with Gasteiger partial charge < -0.3 is 10.0 Å². The third kappa shape index (κ3) is 6.94. The highest BCUT2D eigenvalue weighted by atomic mass is 32.2. The van der Waals surface area contributed by atoms with Gasteiger partial charge in [0.15, 0.2) is 0 Å². The number of aliphatic hydroxyl groups is 1. The highest BCUT2D eigenvalue weighted by Crippen LogP contribution is 2.31. The molecule has 2 rings (SSSR count). The molecule has 0 unspecified atom stereocenters. The molecule has 1 aromatic rings. The van der Waals surface area contributed by atoms with Crippen LogP contribution in [0.3, 0.4) is 0 Å². The van der Waals surface area contributed by atoms with Crippen LogP contribution in [0.15, 0.2) is 29.2 Å². The average molecular weight is 437 g/mol. The lowest BCUT2D eigenvalue weighted by Crippen LogP contribution is -2.38. The van der Waals surface area contributed by atoms with Gasteiger partial charge in [-0.15, -0.1) is 0 Å². The number of sulfonamides is 1. The number of piperidine rings is 1. The molecule has 166 valence electrons. The summed E-state index contributed by atoms with van der Waals surface area (Å²) in [6.45, 7) is 5.61. The number of nitrogens with zero attached hydrogens (tertiary/aromatic N) is 2. The van der Waals surface area contributed by atoms with Crippen LogP contribution in [0.5, 0.6) is 0 Å². The van der Waals surface area contributed by atoms with Gasteiger partial charge in [0, 0.05) is 19.6 Å². The van der Waals surface area contributed by atoms with Gasteiger partial charge in [0.25, 0.3) is 0 Å². The van der Waals surface area contributed by atoms with Crippen LogP contribution in [0.25, 0.3) is 0 Å². The number of likely N-dealkylation sites (N-methyl/N-ethyl adjacent to an activating group) is 1. The second-order valence-electron chi connectivity index (χ2n) is 7.52. The Balaban J connectivity index is 1.80. The van der Waals surface area contributed by atoms with E-state index in [1.54, 1.807) is 0 Å². The van der Waals surface area contributed by atoms with Gasteiger partial charge in [0.2, 0.25) is 10.0 Å². The number of rotatable bonds is 10. The number of hydrogen-bond acceptors (Lipinski definition) is 4. The topological polar surface area (TPSA) is 60.9 Å². The summed E-state index contributed by atoms with van der Waals surface area (Å²) >= 11 is 0. The van der Waals surface area contributed by atoms with Crippen LogP contribution in [-0.2, 0) is 16.2 Å². The summed E-state index contributed by atoms with van der Waals surface area (Å²) in [7, 11) is -3.76. The number of hydrogen-bond donors (Lipinski definition) is 1. The lowest BCUT2D eigenvalue weighted by molar-refractivity contribution is -0.137. The molecule has 0 amide bonds. The Morgan fingerprint density at radius 2 is 1.72 bits per heavy atom. The van der Waals surface area contributed by atoms with E-state index in [1.807, 2.05) is 0 Å². The molecule has 0 radical (unpaired) electrons. The van der Waals surface area contributed by atoms with Gasteiger partial charge in [-0.05, 0) is 62.5 Å². The molecule has 1 saturated heterocycles.